The molecule has 2 aromatic rings. The molecule has 0 unspecified atom stereocenters. The molecule has 2 heterocycles. The molecule has 0 N–H and O–H groups in total. The summed E-state index contributed by atoms with van der Waals surface area (Å²) in [5.74, 6) is 1.42. The highest BCUT2D eigenvalue weighted by Gasteiger charge is 2.22. The van der Waals surface area contributed by atoms with Crippen LogP contribution in [0.15, 0.2) is 53.7 Å². The number of amides is 1. The van der Waals surface area contributed by atoms with Crippen molar-refractivity contribution in [2.24, 2.45) is 5.92 Å². The highest BCUT2D eigenvalue weighted by molar-refractivity contribution is 7.99. The Hall–Kier alpha value is -1.81. The van der Waals surface area contributed by atoms with E-state index in [-0.39, 0.29) is 5.91 Å². The van der Waals surface area contributed by atoms with Gasteiger partial charge < -0.3 is 4.90 Å². The molecule has 24 heavy (non-hydrogen) atoms. The van der Waals surface area contributed by atoms with Crippen molar-refractivity contribution in [3.8, 4) is 0 Å². The van der Waals surface area contributed by atoms with E-state index >= 15 is 0 Å². The van der Waals surface area contributed by atoms with Gasteiger partial charge in [0.1, 0.15) is 0 Å². The number of carbonyl (C=O) groups excluding carboxylic acids is 1. The molecule has 0 aliphatic carbocycles. The van der Waals surface area contributed by atoms with Crippen LogP contribution in [0.2, 0.25) is 0 Å². The smallest absolute Gasteiger partial charge is 0.232 e. The van der Waals surface area contributed by atoms with Gasteiger partial charge in [0, 0.05) is 19.3 Å². The van der Waals surface area contributed by atoms with E-state index < -0.39 is 0 Å². The summed E-state index contributed by atoms with van der Waals surface area (Å²) in [5, 5.41) is 0.924. The van der Waals surface area contributed by atoms with Gasteiger partial charge in [0.2, 0.25) is 5.91 Å². The first kappa shape index (κ1) is 17.0. The molecule has 126 valence electrons. The van der Waals surface area contributed by atoms with Gasteiger partial charge in [-0.15, -0.1) is 0 Å². The van der Waals surface area contributed by atoms with Crippen LogP contribution < -0.4 is 0 Å². The number of benzene rings is 1. The first-order valence-electron chi connectivity index (χ1n) is 8.58. The Labute approximate surface area is 148 Å². The summed E-state index contributed by atoms with van der Waals surface area (Å²) in [4.78, 5) is 18.7. The van der Waals surface area contributed by atoms with Crippen LogP contribution in [0, 0.1) is 12.8 Å². The van der Waals surface area contributed by atoms with Crippen LogP contribution in [-0.2, 0) is 11.2 Å². The SMILES string of the molecule is Cc1ccc(SCC(=O)N2CCC(Cc3ccccc3)CC2)nc1. The number of piperidine rings is 1. The van der Waals surface area contributed by atoms with Crippen molar-refractivity contribution in [1.82, 2.24) is 9.88 Å². The van der Waals surface area contributed by atoms with Crippen molar-refractivity contribution in [1.29, 1.82) is 0 Å². The molecule has 1 aliphatic heterocycles. The third-order valence-electron chi connectivity index (χ3n) is 4.56. The summed E-state index contributed by atoms with van der Waals surface area (Å²) in [6, 6.07) is 14.7. The normalized spacial score (nSPS) is 15.5. The van der Waals surface area contributed by atoms with Crippen LogP contribution in [-0.4, -0.2) is 34.6 Å². The van der Waals surface area contributed by atoms with Gasteiger partial charge in [-0.2, -0.15) is 0 Å². The average Bonchev–Trinajstić information content (AvgIpc) is 2.62. The Kier molecular flexibility index (Phi) is 5.91. The predicted molar refractivity (Wildman–Crippen MR) is 99.1 cm³/mol. The molecule has 1 aromatic carbocycles. The Balaban J connectivity index is 1.42. The van der Waals surface area contributed by atoms with Crippen LogP contribution in [0.1, 0.15) is 24.0 Å². The van der Waals surface area contributed by atoms with Crippen LogP contribution in [0.3, 0.4) is 0 Å². The van der Waals surface area contributed by atoms with Crippen molar-refractivity contribution in [2.75, 3.05) is 18.8 Å². The highest BCUT2D eigenvalue weighted by atomic mass is 32.2. The van der Waals surface area contributed by atoms with Crippen molar-refractivity contribution < 1.29 is 4.79 Å². The Morgan fingerprint density at radius 1 is 1.17 bits per heavy atom. The van der Waals surface area contributed by atoms with Crippen molar-refractivity contribution in [3.63, 3.8) is 0 Å². The summed E-state index contributed by atoms with van der Waals surface area (Å²) in [6.07, 6.45) is 5.19. The molecule has 4 heteroatoms. The summed E-state index contributed by atoms with van der Waals surface area (Å²) >= 11 is 1.53. The third-order valence-corrected chi connectivity index (χ3v) is 5.49. The number of thioether (sulfide) groups is 1. The van der Waals surface area contributed by atoms with E-state index in [0.29, 0.717) is 11.7 Å². The van der Waals surface area contributed by atoms with Crippen molar-refractivity contribution in [2.45, 2.75) is 31.2 Å². The largest absolute Gasteiger partial charge is 0.342 e. The lowest BCUT2D eigenvalue weighted by Gasteiger charge is -2.32. The zero-order valence-corrected chi connectivity index (χ0v) is 15.0. The second-order valence-corrected chi connectivity index (χ2v) is 7.47. The van der Waals surface area contributed by atoms with Gasteiger partial charge in [-0.25, -0.2) is 4.98 Å². The number of hydrogen-bond acceptors (Lipinski definition) is 3. The fourth-order valence-electron chi connectivity index (χ4n) is 3.10. The second kappa shape index (κ2) is 8.34. The molecule has 1 amide bonds. The summed E-state index contributed by atoms with van der Waals surface area (Å²) in [5.41, 5.74) is 2.55. The fraction of sp³-hybridized carbons (Fsp3) is 0.400. The minimum absolute atomic E-state index is 0.237. The highest BCUT2D eigenvalue weighted by Crippen LogP contribution is 2.23. The lowest BCUT2D eigenvalue weighted by Crippen LogP contribution is -2.39. The number of rotatable bonds is 5. The molecule has 0 atom stereocenters. The summed E-state index contributed by atoms with van der Waals surface area (Å²) in [6.45, 7) is 3.79. The number of pyridine rings is 1. The van der Waals surface area contributed by atoms with Crippen molar-refractivity contribution in [3.05, 3.63) is 59.8 Å². The molecule has 1 aliphatic rings. The number of hydrogen-bond donors (Lipinski definition) is 0. The zero-order valence-electron chi connectivity index (χ0n) is 14.1. The zero-order chi connectivity index (χ0) is 16.8. The van der Waals surface area contributed by atoms with Crippen LogP contribution in [0.4, 0.5) is 0 Å². The molecule has 3 rings (SSSR count). The molecular weight excluding hydrogens is 316 g/mol. The van der Waals surface area contributed by atoms with Gasteiger partial charge in [0.05, 0.1) is 10.8 Å². The Morgan fingerprint density at radius 2 is 1.92 bits per heavy atom. The topological polar surface area (TPSA) is 33.2 Å². The van der Waals surface area contributed by atoms with E-state index in [2.05, 4.69) is 35.3 Å². The third kappa shape index (κ3) is 4.84. The minimum atomic E-state index is 0.237. The maximum atomic E-state index is 12.4. The van der Waals surface area contributed by atoms with E-state index in [1.54, 1.807) is 0 Å². The van der Waals surface area contributed by atoms with Gasteiger partial charge >= 0.3 is 0 Å². The average molecular weight is 340 g/mol. The van der Waals surface area contributed by atoms with E-state index in [0.717, 1.165) is 42.9 Å². The maximum absolute atomic E-state index is 12.4. The second-order valence-electron chi connectivity index (χ2n) is 6.48. The standard InChI is InChI=1S/C20H24N2OS/c1-16-7-8-19(21-14-16)24-15-20(23)22-11-9-18(10-12-22)13-17-5-3-2-4-6-17/h2-8,14,18H,9-13,15H2,1H3. The first-order chi connectivity index (χ1) is 11.7. The number of carbonyl (C=O) groups is 1. The minimum Gasteiger partial charge on any atom is -0.342 e. The van der Waals surface area contributed by atoms with E-state index in [9.17, 15) is 4.79 Å². The molecule has 0 radical (unpaired) electrons. The van der Waals surface area contributed by atoms with Crippen molar-refractivity contribution >= 4 is 17.7 Å². The number of nitrogens with zero attached hydrogens (tertiary/aromatic N) is 2. The summed E-state index contributed by atoms with van der Waals surface area (Å²) in [7, 11) is 0. The lowest BCUT2D eigenvalue weighted by atomic mass is 9.90. The van der Waals surface area contributed by atoms with E-state index in [1.165, 1.54) is 17.3 Å². The summed E-state index contributed by atoms with van der Waals surface area (Å²) < 4.78 is 0. The Morgan fingerprint density at radius 3 is 2.58 bits per heavy atom. The van der Waals surface area contributed by atoms with Gasteiger partial charge in [0.25, 0.3) is 0 Å². The molecule has 3 nitrogen and oxygen atoms in total. The molecule has 1 saturated heterocycles. The van der Waals surface area contributed by atoms with Gasteiger partial charge in [-0.05, 0) is 49.3 Å². The quantitative estimate of drug-likeness (QED) is 0.772. The fourth-order valence-corrected chi connectivity index (χ4v) is 3.85. The number of aromatic nitrogens is 1. The lowest BCUT2D eigenvalue weighted by molar-refractivity contribution is -0.129. The van der Waals surface area contributed by atoms with Crippen LogP contribution >= 0.6 is 11.8 Å². The maximum Gasteiger partial charge on any atom is 0.232 e. The molecule has 0 bridgehead atoms. The molecule has 1 aromatic heterocycles. The number of likely N-dealkylation sites (tertiary alicyclic amines) is 1. The van der Waals surface area contributed by atoms with E-state index in [1.807, 2.05) is 30.2 Å². The van der Waals surface area contributed by atoms with Crippen LogP contribution in [0.5, 0.6) is 0 Å². The first-order valence-corrected chi connectivity index (χ1v) is 9.56. The molecular formula is C20H24N2OS. The molecule has 1 fully saturated rings. The Bertz CT molecular complexity index is 649. The van der Waals surface area contributed by atoms with Gasteiger partial charge in [0.15, 0.2) is 0 Å². The number of aryl methyl sites for hydroxylation is 1. The van der Waals surface area contributed by atoms with Gasteiger partial charge in [-0.1, -0.05) is 48.2 Å². The molecule has 0 spiro atoms. The molecule has 0 saturated carbocycles. The van der Waals surface area contributed by atoms with Crippen LogP contribution in [0.25, 0.3) is 0 Å². The predicted octanol–water partition coefficient (Wildman–Crippen LogP) is 3.96. The van der Waals surface area contributed by atoms with Gasteiger partial charge in [-0.3, -0.25) is 4.79 Å². The monoisotopic (exact) mass is 340 g/mol. The van der Waals surface area contributed by atoms with E-state index in [4.69, 9.17) is 0 Å².